The van der Waals surface area contributed by atoms with Crippen LogP contribution in [0, 0.1) is 0 Å². The van der Waals surface area contributed by atoms with E-state index in [0.717, 1.165) is 0 Å². The van der Waals surface area contributed by atoms with Crippen LogP contribution in [0.4, 0.5) is 4.79 Å². The number of carboxylic acids is 2. The van der Waals surface area contributed by atoms with Gasteiger partial charge in [-0.05, 0) is 19.8 Å². The number of carboxylic acid groups (broad SMARTS) is 2. The van der Waals surface area contributed by atoms with Crippen molar-refractivity contribution >= 4 is 23.9 Å². The number of nitrogens with one attached hydrogen (secondary N) is 1. The lowest BCUT2D eigenvalue weighted by Gasteiger charge is -2.25. The van der Waals surface area contributed by atoms with Gasteiger partial charge in [0.05, 0.1) is 13.0 Å². The van der Waals surface area contributed by atoms with Gasteiger partial charge in [0, 0.05) is 6.54 Å². The van der Waals surface area contributed by atoms with E-state index in [-0.39, 0.29) is 13.2 Å². The number of nitrogens with zero attached hydrogens (tertiary/aromatic N) is 1. The number of urea groups is 1. The summed E-state index contributed by atoms with van der Waals surface area (Å²) >= 11 is 0. The van der Waals surface area contributed by atoms with Crippen LogP contribution >= 0.6 is 0 Å². The Bertz CT molecular complexity index is 437. The Kier molecular flexibility index (Phi) is 5.94. The van der Waals surface area contributed by atoms with Crippen LogP contribution in [0.1, 0.15) is 26.2 Å². The van der Waals surface area contributed by atoms with E-state index in [9.17, 15) is 19.2 Å². The number of rotatable bonds is 6. The summed E-state index contributed by atoms with van der Waals surface area (Å²) in [7, 11) is 0. The average molecular weight is 302 g/mol. The molecule has 21 heavy (non-hydrogen) atoms. The Labute approximate surface area is 120 Å². The molecule has 1 rings (SSSR count). The molecule has 0 saturated carbocycles. The molecule has 2 unspecified atom stereocenters. The minimum absolute atomic E-state index is 0.182. The molecular formula is C12H18N2O7. The van der Waals surface area contributed by atoms with Gasteiger partial charge >= 0.3 is 23.9 Å². The molecule has 0 aromatic rings. The van der Waals surface area contributed by atoms with E-state index in [1.807, 2.05) is 0 Å². The number of aliphatic carboxylic acids is 2. The molecule has 0 aromatic heterocycles. The topological polar surface area (TPSA) is 133 Å². The second kappa shape index (κ2) is 7.46. The summed E-state index contributed by atoms with van der Waals surface area (Å²) in [5.74, 6) is -3.33. The van der Waals surface area contributed by atoms with Crippen molar-refractivity contribution in [3.8, 4) is 0 Å². The Morgan fingerprint density at radius 3 is 2.52 bits per heavy atom. The van der Waals surface area contributed by atoms with E-state index >= 15 is 0 Å². The third kappa shape index (κ3) is 4.62. The summed E-state index contributed by atoms with van der Waals surface area (Å²) < 4.78 is 4.85. The van der Waals surface area contributed by atoms with Crippen molar-refractivity contribution in [3.63, 3.8) is 0 Å². The molecule has 9 nitrogen and oxygen atoms in total. The van der Waals surface area contributed by atoms with E-state index in [1.54, 1.807) is 6.92 Å². The van der Waals surface area contributed by atoms with E-state index in [2.05, 4.69) is 5.32 Å². The van der Waals surface area contributed by atoms with Crippen molar-refractivity contribution in [1.29, 1.82) is 0 Å². The summed E-state index contributed by atoms with van der Waals surface area (Å²) in [6, 6.07) is -3.08. The Morgan fingerprint density at radius 1 is 1.33 bits per heavy atom. The monoisotopic (exact) mass is 302 g/mol. The quantitative estimate of drug-likeness (QED) is 0.571. The number of ether oxygens (including phenoxy) is 1. The second-order valence-electron chi connectivity index (χ2n) is 4.54. The average Bonchev–Trinajstić information content (AvgIpc) is 2.86. The van der Waals surface area contributed by atoms with Crippen molar-refractivity contribution in [3.05, 3.63) is 0 Å². The van der Waals surface area contributed by atoms with Gasteiger partial charge in [-0.15, -0.1) is 0 Å². The Morgan fingerprint density at radius 2 is 2.00 bits per heavy atom. The number of esters is 1. The molecule has 1 heterocycles. The molecule has 0 radical (unpaired) electrons. The number of hydrogen-bond acceptors (Lipinski definition) is 5. The van der Waals surface area contributed by atoms with Gasteiger partial charge in [-0.1, -0.05) is 0 Å². The lowest BCUT2D eigenvalue weighted by atomic mass is 10.2. The molecule has 2 amide bonds. The summed E-state index contributed by atoms with van der Waals surface area (Å²) in [5, 5.41) is 19.6. The number of amides is 2. The minimum atomic E-state index is -1.54. The first kappa shape index (κ1) is 16.7. The first-order chi connectivity index (χ1) is 9.86. The molecule has 1 saturated heterocycles. The minimum Gasteiger partial charge on any atom is -0.481 e. The highest BCUT2D eigenvalue weighted by Crippen LogP contribution is 2.18. The third-order valence-corrected chi connectivity index (χ3v) is 3.05. The summed E-state index contributed by atoms with van der Waals surface area (Å²) in [5.41, 5.74) is 0. The van der Waals surface area contributed by atoms with Gasteiger partial charge in [0.15, 0.2) is 0 Å². The summed E-state index contributed by atoms with van der Waals surface area (Å²) in [4.78, 5) is 46.4. The predicted octanol–water partition coefficient (Wildman–Crippen LogP) is -0.349. The van der Waals surface area contributed by atoms with E-state index in [0.29, 0.717) is 12.8 Å². The summed E-state index contributed by atoms with van der Waals surface area (Å²) in [6.45, 7) is 2.11. The van der Waals surface area contributed by atoms with E-state index in [4.69, 9.17) is 14.9 Å². The first-order valence-electron chi connectivity index (χ1n) is 6.55. The molecule has 1 aliphatic heterocycles. The van der Waals surface area contributed by atoms with Crippen LogP contribution in [-0.2, 0) is 19.1 Å². The molecule has 0 aliphatic carbocycles. The van der Waals surface area contributed by atoms with Gasteiger partial charge in [0.25, 0.3) is 0 Å². The Balaban J connectivity index is 2.70. The third-order valence-electron chi connectivity index (χ3n) is 3.05. The fourth-order valence-corrected chi connectivity index (χ4v) is 2.10. The molecule has 3 N–H and O–H groups in total. The van der Waals surface area contributed by atoms with Crippen molar-refractivity contribution in [1.82, 2.24) is 10.2 Å². The predicted molar refractivity (Wildman–Crippen MR) is 68.6 cm³/mol. The molecule has 2 atom stereocenters. The van der Waals surface area contributed by atoms with Crippen molar-refractivity contribution in [2.24, 2.45) is 0 Å². The molecule has 0 aromatic carbocycles. The Hall–Kier alpha value is -2.32. The molecule has 1 fully saturated rings. The second-order valence-corrected chi connectivity index (χ2v) is 4.54. The maximum atomic E-state index is 12.0. The van der Waals surface area contributed by atoms with Gasteiger partial charge < -0.3 is 25.2 Å². The van der Waals surface area contributed by atoms with Crippen LogP contribution in [0.5, 0.6) is 0 Å². The standard InChI is InChI=1S/C12H18N2O7/c1-2-21-11(19)8-4-3-5-14(8)12(20)13-7(10(17)18)6-9(15)16/h7-8H,2-6H2,1H3,(H,13,20)(H,15,16)(H,17,18). The summed E-state index contributed by atoms with van der Waals surface area (Å²) in [6.07, 6.45) is 0.287. The lowest BCUT2D eigenvalue weighted by Crippen LogP contribution is -2.52. The van der Waals surface area contributed by atoms with Crippen LogP contribution < -0.4 is 5.32 Å². The van der Waals surface area contributed by atoms with Gasteiger partial charge in [-0.2, -0.15) is 0 Å². The van der Waals surface area contributed by atoms with Crippen LogP contribution in [-0.4, -0.2) is 64.3 Å². The highest BCUT2D eigenvalue weighted by Gasteiger charge is 2.36. The van der Waals surface area contributed by atoms with Crippen LogP contribution in [0.3, 0.4) is 0 Å². The van der Waals surface area contributed by atoms with Gasteiger partial charge in [0.1, 0.15) is 12.1 Å². The molecular weight excluding hydrogens is 284 g/mol. The molecule has 118 valence electrons. The van der Waals surface area contributed by atoms with Crippen molar-refractivity contribution in [2.75, 3.05) is 13.2 Å². The highest BCUT2D eigenvalue weighted by atomic mass is 16.5. The normalized spacial score (nSPS) is 18.9. The van der Waals surface area contributed by atoms with E-state index < -0.39 is 42.4 Å². The zero-order valence-electron chi connectivity index (χ0n) is 11.6. The van der Waals surface area contributed by atoms with Gasteiger partial charge in [0.2, 0.25) is 0 Å². The van der Waals surface area contributed by atoms with Crippen LogP contribution in [0.15, 0.2) is 0 Å². The zero-order chi connectivity index (χ0) is 16.0. The molecule has 0 bridgehead atoms. The van der Waals surface area contributed by atoms with Crippen molar-refractivity contribution < 1.29 is 34.1 Å². The number of likely N-dealkylation sites (tertiary alicyclic amines) is 1. The fourth-order valence-electron chi connectivity index (χ4n) is 2.10. The maximum Gasteiger partial charge on any atom is 0.328 e. The zero-order valence-corrected chi connectivity index (χ0v) is 11.6. The number of hydrogen-bond donors (Lipinski definition) is 3. The fraction of sp³-hybridized carbons (Fsp3) is 0.667. The van der Waals surface area contributed by atoms with Crippen molar-refractivity contribution in [2.45, 2.75) is 38.3 Å². The van der Waals surface area contributed by atoms with Gasteiger partial charge in [-0.25, -0.2) is 14.4 Å². The van der Waals surface area contributed by atoms with Crippen LogP contribution in [0.2, 0.25) is 0 Å². The number of carbonyl (C=O) groups excluding carboxylic acids is 2. The lowest BCUT2D eigenvalue weighted by molar-refractivity contribution is -0.147. The molecule has 9 heteroatoms. The highest BCUT2D eigenvalue weighted by molar-refractivity contribution is 5.88. The molecule has 1 aliphatic rings. The molecule has 0 spiro atoms. The van der Waals surface area contributed by atoms with Crippen LogP contribution in [0.25, 0.3) is 0 Å². The number of carbonyl (C=O) groups is 4. The van der Waals surface area contributed by atoms with Gasteiger partial charge in [-0.3, -0.25) is 4.79 Å². The largest absolute Gasteiger partial charge is 0.481 e. The first-order valence-corrected chi connectivity index (χ1v) is 6.55. The van der Waals surface area contributed by atoms with E-state index in [1.165, 1.54) is 4.90 Å². The smallest absolute Gasteiger partial charge is 0.328 e. The SMILES string of the molecule is CCOC(=O)C1CCCN1C(=O)NC(CC(=O)O)C(=O)O. The maximum absolute atomic E-state index is 12.0.